The lowest BCUT2D eigenvalue weighted by Gasteiger charge is -2.30. The van der Waals surface area contributed by atoms with Crippen molar-refractivity contribution in [3.05, 3.63) is 24.6 Å². The highest BCUT2D eigenvalue weighted by molar-refractivity contribution is 5.83. The molecule has 0 aromatic rings. The van der Waals surface area contributed by atoms with Gasteiger partial charge in [0.25, 0.3) is 0 Å². The van der Waals surface area contributed by atoms with E-state index in [4.69, 9.17) is 0 Å². The highest BCUT2D eigenvalue weighted by atomic mass is 15.3. The maximum Gasteiger partial charge on any atom is 0.198 e. The lowest BCUT2D eigenvalue weighted by Crippen LogP contribution is -2.45. The third kappa shape index (κ3) is 3.31. The third-order valence-corrected chi connectivity index (χ3v) is 2.03. The van der Waals surface area contributed by atoms with Gasteiger partial charge in [-0.3, -0.25) is 0 Å². The summed E-state index contributed by atoms with van der Waals surface area (Å²) in [6, 6.07) is 0. The molecule has 0 unspecified atom stereocenters. The van der Waals surface area contributed by atoms with Crippen LogP contribution >= 0.6 is 0 Å². The fraction of sp³-hybridized carbons (Fsp3) is 0.545. The van der Waals surface area contributed by atoms with E-state index >= 15 is 0 Å². The van der Waals surface area contributed by atoms with Crippen LogP contribution in [-0.2, 0) is 0 Å². The van der Waals surface area contributed by atoms with Crippen molar-refractivity contribution in [2.75, 3.05) is 20.6 Å². The summed E-state index contributed by atoms with van der Waals surface area (Å²) in [5.41, 5.74) is -0.172. The zero-order valence-corrected chi connectivity index (χ0v) is 9.96. The molecule has 2 N–H and O–H groups in total. The molecule has 0 aliphatic carbocycles. The average Bonchev–Trinajstić information content (AvgIpc) is 2.12. The standard InChI is InChI=1S/C11H20N4/c1-6-7-12-10-13-9(15(4)5)8-11(2,3)14-10/h6,8H,1,7H2,2-5H3,(H2,12,13,14). The van der Waals surface area contributed by atoms with Crippen molar-refractivity contribution >= 4 is 5.96 Å². The first-order valence-electron chi connectivity index (χ1n) is 5.06. The molecule has 1 aliphatic rings. The molecule has 0 saturated carbocycles. The van der Waals surface area contributed by atoms with Gasteiger partial charge in [-0.05, 0) is 19.9 Å². The predicted molar refractivity (Wildman–Crippen MR) is 64.6 cm³/mol. The minimum absolute atomic E-state index is 0.172. The molecule has 0 aromatic heterocycles. The van der Waals surface area contributed by atoms with E-state index in [-0.39, 0.29) is 5.54 Å². The number of aliphatic imine (C=N–C) groups is 1. The molecule has 1 rings (SSSR count). The van der Waals surface area contributed by atoms with Gasteiger partial charge in [0.05, 0.1) is 5.54 Å². The monoisotopic (exact) mass is 208 g/mol. The molecular formula is C11H20N4. The molecule has 0 aromatic carbocycles. The van der Waals surface area contributed by atoms with Crippen LogP contribution in [0.15, 0.2) is 29.5 Å². The summed E-state index contributed by atoms with van der Waals surface area (Å²) in [4.78, 5) is 6.56. The molecule has 4 heteroatoms. The fourth-order valence-corrected chi connectivity index (χ4v) is 1.33. The Morgan fingerprint density at radius 2 is 2.27 bits per heavy atom. The van der Waals surface area contributed by atoms with Crippen molar-refractivity contribution in [1.82, 2.24) is 15.5 Å². The molecule has 1 aliphatic heterocycles. The Morgan fingerprint density at radius 3 is 2.80 bits per heavy atom. The molecule has 1 heterocycles. The van der Waals surface area contributed by atoms with Crippen LogP contribution in [0.4, 0.5) is 0 Å². The van der Waals surface area contributed by atoms with Crippen molar-refractivity contribution in [3.63, 3.8) is 0 Å². The van der Waals surface area contributed by atoms with Gasteiger partial charge >= 0.3 is 0 Å². The zero-order chi connectivity index (χ0) is 11.5. The lowest BCUT2D eigenvalue weighted by atomic mass is 10.1. The first kappa shape index (κ1) is 11.6. The van der Waals surface area contributed by atoms with E-state index in [2.05, 4.69) is 42.1 Å². The summed E-state index contributed by atoms with van der Waals surface area (Å²) in [6.45, 7) is 8.53. The molecule has 15 heavy (non-hydrogen) atoms. The van der Waals surface area contributed by atoms with Gasteiger partial charge in [0, 0.05) is 20.6 Å². The van der Waals surface area contributed by atoms with Crippen LogP contribution in [0.1, 0.15) is 13.8 Å². The summed E-state index contributed by atoms with van der Waals surface area (Å²) < 4.78 is 0. The number of rotatable bonds is 3. The number of hydrogen-bond acceptors (Lipinski definition) is 4. The second kappa shape index (κ2) is 4.38. The van der Waals surface area contributed by atoms with Crippen molar-refractivity contribution in [1.29, 1.82) is 0 Å². The Balaban J connectivity index is 2.77. The van der Waals surface area contributed by atoms with Gasteiger partial charge in [-0.2, -0.15) is 0 Å². The van der Waals surface area contributed by atoms with Crippen LogP contribution in [0.3, 0.4) is 0 Å². The van der Waals surface area contributed by atoms with Gasteiger partial charge in [-0.1, -0.05) is 6.08 Å². The molecule has 4 nitrogen and oxygen atoms in total. The largest absolute Gasteiger partial charge is 0.364 e. The topological polar surface area (TPSA) is 39.7 Å². The normalized spacial score (nSPS) is 18.4. The Hall–Kier alpha value is -1.45. The van der Waals surface area contributed by atoms with Gasteiger partial charge in [-0.25, -0.2) is 4.99 Å². The maximum atomic E-state index is 4.53. The zero-order valence-electron chi connectivity index (χ0n) is 9.96. The Bertz CT molecular complexity index is 300. The van der Waals surface area contributed by atoms with E-state index in [1.165, 1.54) is 0 Å². The SMILES string of the molecule is C=CCNC1=NC(C)(C)C=C(N(C)C)N1. The third-order valence-electron chi connectivity index (χ3n) is 2.03. The summed E-state index contributed by atoms with van der Waals surface area (Å²) >= 11 is 0. The summed E-state index contributed by atoms with van der Waals surface area (Å²) in [5, 5.41) is 6.39. The number of nitrogens with one attached hydrogen (secondary N) is 2. The first-order chi connectivity index (χ1) is 6.94. The Labute approximate surface area is 91.8 Å². The van der Waals surface area contributed by atoms with Gasteiger partial charge in [0.15, 0.2) is 5.96 Å². The van der Waals surface area contributed by atoms with Crippen LogP contribution in [-0.4, -0.2) is 37.0 Å². The average molecular weight is 208 g/mol. The number of nitrogens with zero attached hydrogens (tertiary/aromatic N) is 2. The number of hydrogen-bond donors (Lipinski definition) is 2. The van der Waals surface area contributed by atoms with Crippen molar-refractivity contribution in [2.45, 2.75) is 19.4 Å². The molecule has 0 bridgehead atoms. The molecule has 0 amide bonds. The highest BCUT2D eigenvalue weighted by Gasteiger charge is 2.21. The lowest BCUT2D eigenvalue weighted by molar-refractivity contribution is 0.460. The van der Waals surface area contributed by atoms with E-state index in [0.717, 1.165) is 11.8 Å². The highest BCUT2D eigenvalue weighted by Crippen LogP contribution is 2.17. The smallest absolute Gasteiger partial charge is 0.198 e. The van der Waals surface area contributed by atoms with Gasteiger partial charge < -0.3 is 15.5 Å². The molecule has 84 valence electrons. The second-order valence-corrected chi connectivity index (χ2v) is 4.33. The summed E-state index contributed by atoms with van der Waals surface area (Å²) in [5.74, 6) is 1.85. The molecule has 0 spiro atoms. The molecule has 0 radical (unpaired) electrons. The van der Waals surface area contributed by atoms with Crippen LogP contribution in [0.2, 0.25) is 0 Å². The van der Waals surface area contributed by atoms with Crippen LogP contribution < -0.4 is 10.6 Å². The fourth-order valence-electron chi connectivity index (χ4n) is 1.33. The van der Waals surface area contributed by atoms with Crippen LogP contribution in [0.5, 0.6) is 0 Å². The van der Waals surface area contributed by atoms with E-state index < -0.39 is 0 Å². The van der Waals surface area contributed by atoms with Crippen LogP contribution in [0, 0.1) is 0 Å². The van der Waals surface area contributed by atoms with Crippen LogP contribution in [0.25, 0.3) is 0 Å². The minimum Gasteiger partial charge on any atom is -0.364 e. The second-order valence-electron chi connectivity index (χ2n) is 4.33. The van der Waals surface area contributed by atoms with E-state index in [9.17, 15) is 0 Å². The summed E-state index contributed by atoms with van der Waals surface area (Å²) in [6.07, 6.45) is 3.91. The van der Waals surface area contributed by atoms with Crippen molar-refractivity contribution in [2.24, 2.45) is 4.99 Å². The van der Waals surface area contributed by atoms with Crippen molar-refractivity contribution < 1.29 is 0 Å². The minimum atomic E-state index is -0.172. The Morgan fingerprint density at radius 1 is 1.60 bits per heavy atom. The predicted octanol–water partition coefficient (Wildman–Crippen LogP) is 0.903. The van der Waals surface area contributed by atoms with Gasteiger partial charge in [0.2, 0.25) is 0 Å². The maximum absolute atomic E-state index is 4.53. The molecule has 0 saturated heterocycles. The summed E-state index contributed by atoms with van der Waals surface area (Å²) in [7, 11) is 4.01. The van der Waals surface area contributed by atoms with Crippen molar-refractivity contribution in [3.8, 4) is 0 Å². The first-order valence-corrected chi connectivity index (χ1v) is 5.06. The Kier molecular flexibility index (Phi) is 3.39. The molecule has 0 fully saturated rings. The van der Waals surface area contributed by atoms with E-state index in [0.29, 0.717) is 6.54 Å². The van der Waals surface area contributed by atoms with E-state index in [1.54, 1.807) is 0 Å². The van der Waals surface area contributed by atoms with Gasteiger partial charge in [-0.15, -0.1) is 6.58 Å². The number of guanidine groups is 1. The molecule has 0 atom stereocenters. The van der Waals surface area contributed by atoms with E-state index in [1.807, 2.05) is 25.1 Å². The van der Waals surface area contributed by atoms with Gasteiger partial charge in [0.1, 0.15) is 5.82 Å². The quantitative estimate of drug-likeness (QED) is 0.677. The molecular weight excluding hydrogens is 188 g/mol.